The van der Waals surface area contributed by atoms with Gasteiger partial charge in [0, 0.05) is 17.3 Å². The van der Waals surface area contributed by atoms with Crippen molar-refractivity contribution in [1.82, 2.24) is 19.5 Å². The maximum atomic E-state index is 12.6. The number of aryl methyl sites for hydroxylation is 1. The molecule has 4 rings (SSSR count). The number of imidazole rings is 1. The SMILES string of the molecule is CC#CCN1CCCC1c1nc(-c2ccc(C(=O)Nc3cc(C)ccn3)cc2)c(C(N)=O)n1N. The summed E-state index contributed by atoms with van der Waals surface area (Å²) >= 11 is 0. The third kappa shape index (κ3) is 4.63. The Morgan fingerprint density at radius 1 is 1.24 bits per heavy atom. The van der Waals surface area contributed by atoms with Crippen molar-refractivity contribution in [1.29, 1.82) is 0 Å². The van der Waals surface area contributed by atoms with E-state index in [1.54, 1.807) is 43.5 Å². The maximum Gasteiger partial charge on any atom is 0.269 e. The van der Waals surface area contributed by atoms with Crippen molar-refractivity contribution in [2.24, 2.45) is 5.73 Å². The van der Waals surface area contributed by atoms with Gasteiger partial charge < -0.3 is 16.9 Å². The summed E-state index contributed by atoms with van der Waals surface area (Å²) in [6.07, 6.45) is 3.49. The van der Waals surface area contributed by atoms with E-state index >= 15 is 0 Å². The smallest absolute Gasteiger partial charge is 0.269 e. The van der Waals surface area contributed by atoms with Gasteiger partial charge in [0.15, 0.2) is 5.69 Å². The Kier molecular flexibility index (Phi) is 6.61. The Balaban J connectivity index is 1.62. The number of aromatic nitrogens is 3. The maximum absolute atomic E-state index is 12.6. The van der Waals surface area contributed by atoms with Crippen LogP contribution >= 0.6 is 0 Å². The molecular weight excluding hydrogens is 430 g/mol. The number of hydrogen-bond acceptors (Lipinski definition) is 6. The second-order valence-corrected chi connectivity index (χ2v) is 8.21. The minimum Gasteiger partial charge on any atom is -0.364 e. The van der Waals surface area contributed by atoms with Gasteiger partial charge in [-0.1, -0.05) is 18.1 Å². The lowest BCUT2D eigenvalue weighted by molar-refractivity contribution is 0.0991. The van der Waals surface area contributed by atoms with Crippen LogP contribution in [-0.4, -0.2) is 44.4 Å². The quantitative estimate of drug-likeness (QED) is 0.385. The number of nitrogens with zero attached hydrogens (tertiary/aromatic N) is 4. The fourth-order valence-electron chi connectivity index (χ4n) is 4.18. The number of nitrogens with two attached hydrogens (primary N) is 2. The average molecular weight is 458 g/mol. The molecule has 5 N–H and O–H groups in total. The van der Waals surface area contributed by atoms with Gasteiger partial charge >= 0.3 is 0 Å². The number of rotatable bonds is 6. The molecule has 1 unspecified atom stereocenters. The number of nitrogens with one attached hydrogen (secondary N) is 1. The Morgan fingerprint density at radius 3 is 2.68 bits per heavy atom. The van der Waals surface area contributed by atoms with E-state index < -0.39 is 5.91 Å². The number of benzene rings is 1. The molecular formula is C25H27N7O2. The van der Waals surface area contributed by atoms with Gasteiger partial charge in [0.2, 0.25) is 0 Å². The van der Waals surface area contributed by atoms with Crippen molar-refractivity contribution >= 4 is 17.6 Å². The molecule has 3 aromatic rings. The van der Waals surface area contributed by atoms with Gasteiger partial charge in [0.1, 0.15) is 17.3 Å². The number of carbonyl (C=O) groups excluding carboxylic acids is 2. The standard InChI is InChI=1S/C25H27N7O2/c1-3-4-13-31-14-5-6-19(31)24-30-21(22(23(26)33)32(24)27)17-7-9-18(10-8-17)25(34)29-20-15-16(2)11-12-28-20/h7-12,15,19H,5-6,13-14,27H2,1-2H3,(H2,26,33)(H,28,29,34). The first kappa shape index (κ1) is 23.0. The number of pyridine rings is 1. The first-order chi connectivity index (χ1) is 16.4. The second kappa shape index (κ2) is 9.77. The minimum atomic E-state index is -0.665. The largest absolute Gasteiger partial charge is 0.364 e. The summed E-state index contributed by atoms with van der Waals surface area (Å²) in [7, 11) is 0. The number of hydrogen-bond donors (Lipinski definition) is 3. The molecule has 2 amide bonds. The molecule has 1 atom stereocenters. The minimum absolute atomic E-state index is 0.0513. The van der Waals surface area contributed by atoms with E-state index in [9.17, 15) is 9.59 Å². The zero-order valence-corrected chi connectivity index (χ0v) is 19.2. The highest BCUT2D eigenvalue weighted by atomic mass is 16.2. The highest BCUT2D eigenvalue weighted by Gasteiger charge is 2.32. The molecule has 0 saturated carbocycles. The lowest BCUT2D eigenvalue weighted by Gasteiger charge is -2.21. The van der Waals surface area contributed by atoms with Gasteiger partial charge in [-0.2, -0.15) is 0 Å². The molecule has 1 aliphatic heterocycles. The molecule has 1 fully saturated rings. The summed E-state index contributed by atoms with van der Waals surface area (Å²) in [6, 6.07) is 10.4. The predicted molar refractivity (Wildman–Crippen MR) is 130 cm³/mol. The topological polar surface area (TPSA) is 132 Å². The second-order valence-electron chi connectivity index (χ2n) is 8.21. The molecule has 0 aliphatic carbocycles. The third-order valence-corrected chi connectivity index (χ3v) is 5.87. The lowest BCUT2D eigenvalue weighted by atomic mass is 10.1. The molecule has 0 radical (unpaired) electrons. The average Bonchev–Trinajstić information content (AvgIpc) is 3.41. The summed E-state index contributed by atoms with van der Waals surface area (Å²) in [5.74, 6) is 12.4. The van der Waals surface area contributed by atoms with Crippen molar-refractivity contribution < 1.29 is 9.59 Å². The van der Waals surface area contributed by atoms with Gasteiger partial charge in [-0.05, 0) is 63.1 Å². The molecule has 1 saturated heterocycles. The lowest BCUT2D eigenvalue weighted by Crippen LogP contribution is -2.30. The Hall–Kier alpha value is -4.16. The van der Waals surface area contributed by atoms with Crippen LogP contribution in [0.5, 0.6) is 0 Å². The number of likely N-dealkylation sites (tertiary alicyclic amines) is 1. The van der Waals surface area contributed by atoms with Crippen molar-refractivity contribution in [2.45, 2.75) is 32.7 Å². The fraction of sp³-hybridized carbons (Fsp3) is 0.280. The van der Waals surface area contributed by atoms with Crippen LogP contribution in [0.2, 0.25) is 0 Å². The number of nitrogen functional groups attached to an aromatic ring is 1. The molecule has 9 nitrogen and oxygen atoms in total. The Morgan fingerprint density at radius 2 is 2.00 bits per heavy atom. The number of primary amides is 1. The van der Waals surface area contributed by atoms with Gasteiger partial charge in [-0.25, -0.2) is 14.6 Å². The summed E-state index contributed by atoms with van der Waals surface area (Å²) in [5, 5.41) is 2.78. The van der Waals surface area contributed by atoms with Gasteiger partial charge in [0.05, 0.1) is 12.6 Å². The molecule has 2 aromatic heterocycles. The van der Waals surface area contributed by atoms with Crippen LogP contribution in [0.15, 0.2) is 42.6 Å². The van der Waals surface area contributed by atoms with E-state index in [1.165, 1.54) is 4.68 Å². The molecule has 9 heteroatoms. The Labute approximate surface area is 198 Å². The zero-order valence-electron chi connectivity index (χ0n) is 19.2. The van der Waals surface area contributed by atoms with E-state index in [2.05, 4.69) is 27.0 Å². The van der Waals surface area contributed by atoms with Gasteiger partial charge in [-0.3, -0.25) is 14.5 Å². The number of amides is 2. The summed E-state index contributed by atoms with van der Waals surface area (Å²) in [5.41, 5.74) is 8.27. The van der Waals surface area contributed by atoms with Crippen LogP contribution < -0.4 is 16.9 Å². The highest BCUT2D eigenvalue weighted by Crippen LogP contribution is 2.33. The number of carbonyl (C=O) groups is 2. The van der Waals surface area contributed by atoms with E-state index in [0.29, 0.717) is 35.0 Å². The van der Waals surface area contributed by atoms with E-state index in [-0.39, 0.29) is 17.6 Å². The first-order valence-electron chi connectivity index (χ1n) is 11.0. The third-order valence-electron chi connectivity index (χ3n) is 5.87. The van der Waals surface area contributed by atoms with Crippen LogP contribution in [0.4, 0.5) is 5.82 Å². The molecule has 0 bridgehead atoms. The Bertz CT molecular complexity index is 1280. The summed E-state index contributed by atoms with van der Waals surface area (Å²) in [6.45, 7) is 5.22. The molecule has 34 heavy (non-hydrogen) atoms. The van der Waals surface area contributed by atoms with Crippen LogP contribution in [0.25, 0.3) is 11.3 Å². The molecule has 3 heterocycles. The zero-order chi connectivity index (χ0) is 24.2. The van der Waals surface area contributed by atoms with Crippen LogP contribution in [0.3, 0.4) is 0 Å². The molecule has 1 aliphatic rings. The first-order valence-corrected chi connectivity index (χ1v) is 11.0. The summed E-state index contributed by atoms with van der Waals surface area (Å²) < 4.78 is 1.30. The van der Waals surface area contributed by atoms with E-state index in [1.807, 2.05) is 13.0 Å². The molecule has 0 spiro atoms. The van der Waals surface area contributed by atoms with E-state index in [4.69, 9.17) is 16.6 Å². The van der Waals surface area contributed by atoms with Gasteiger partial charge in [-0.15, -0.1) is 5.92 Å². The van der Waals surface area contributed by atoms with Crippen molar-refractivity contribution in [3.05, 3.63) is 65.2 Å². The summed E-state index contributed by atoms with van der Waals surface area (Å²) in [4.78, 5) is 36.0. The van der Waals surface area contributed by atoms with Crippen molar-refractivity contribution in [3.8, 4) is 23.1 Å². The van der Waals surface area contributed by atoms with E-state index in [0.717, 1.165) is 24.9 Å². The van der Waals surface area contributed by atoms with Crippen LogP contribution in [0, 0.1) is 18.8 Å². The van der Waals surface area contributed by atoms with Crippen LogP contribution in [0.1, 0.15) is 58.0 Å². The van der Waals surface area contributed by atoms with Crippen molar-refractivity contribution in [2.75, 3.05) is 24.2 Å². The highest BCUT2D eigenvalue weighted by molar-refractivity contribution is 6.04. The number of anilines is 1. The predicted octanol–water partition coefficient (Wildman–Crippen LogP) is 2.48. The van der Waals surface area contributed by atoms with Crippen molar-refractivity contribution in [3.63, 3.8) is 0 Å². The van der Waals surface area contributed by atoms with Crippen LogP contribution in [-0.2, 0) is 0 Å². The monoisotopic (exact) mass is 457 g/mol. The molecule has 1 aromatic carbocycles. The molecule has 174 valence electrons. The van der Waals surface area contributed by atoms with Gasteiger partial charge in [0.25, 0.3) is 11.8 Å². The normalized spacial score (nSPS) is 15.5. The fourth-order valence-corrected chi connectivity index (χ4v) is 4.18.